The number of aromatic nitrogens is 2. The fourth-order valence-corrected chi connectivity index (χ4v) is 4.58. The van der Waals surface area contributed by atoms with Gasteiger partial charge in [0.1, 0.15) is 0 Å². The standard InChI is InChI=1S/C15H23N3O4S/c1-11-4-2-3-5-12(11)15-16-13(17-22-15)10-14(19)18-6-8-23(20,21)9-7-18/h11-12H,2-10H2,1H3. The number of hydrogen-bond acceptors (Lipinski definition) is 6. The highest BCUT2D eigenvalue weighted by Crippen LogP contribution is 2.36. The summed E-state index contributed by atoms with van der Waals surface area (Å²) in [7, 11) is -2.98. The smallest absolute Gasteiger partial charge is 0.230 e. The Kier molecular flexibility index (Phi) is 4.70. The highest BCUT2D eigenvalue weighted by molar-refractivity contribution is 7.91. The van der Waals surface area contributed by atoms with Crippen LogP contribution in [0.1, 0.15) is 50.2 Å². The molecule has 1 aromatic rings. The lowest BCUT2D eigenvalue weighted by Gasteiger charge is -2.26. The van der Waals surface area contributed by atoms with Gasteiger partial charge in [0.2, 0.25) is 11.8 Å². The third-order valence-corrected chi connectivity index (χ3v) is 6.53. The molecule has 1 saturated heterocycles. The SMILES string of the molecule is CC1CCCCC1c1nc(CC(=O)N2CCS(=O)(=O)CC2)no1. The molecular weight excluding hydrogens is 318 g/mol. The highest BCUT2D eigenvalue weighted by atomic mass is 32.2. The fraction of sp³-hybridized carbons (Fsp3) is 0.800. The lowest BCUT2D eigenvalue weighted by molar-refractivity contribution is -0.130. The summed E-state index contributed by atoms with van der Waals surface area (Å²) >= 11 is 0. The Labute approximate surface area is 136 Å². The number of rotatable bonds is 3. The van der Waals surface area contributed by atoms with Crippen molar-refractivity contribution in [3.05, 3.63) is 11.7 Å². The molecule has 2 unspecified atom stereocenters. The molecule has 0 bridgehead atoms. The van der Waals surface area contributed by atoms with E-state index in [0.29, 0.717) is 23.6 Å². The van der Waals surface area contributed by atoms with E-state index in [9.17, 15) is 13.2 Å². The third kappa shape index (κ3) is 3.91. The van der Waals surface area contributed by atoms with E-state index in [1.54, 1.807) is 4.90 Å². The van der Waals surface area contributed by atoms with Gasteiger partial charge in [0.25, 0.3) is 0 Å². The van der Waals surface area contributed by atoms with Crippen LogP contribution >= 0.6 is 0 Å². The normalized spacial score (nSPS) is 27.8. The fourth-order valence-electron chi connectivity index (χ4n) is 3.38. The molecule has 2 heterocycles. The first kappa shape index (κ1) is 16.4. The van der Waals surface area contributed by atoms with Gasteiger partial charge in [-0.2, -0.15) is 4.98 Å². The van der Waals surface area contributed by atoms with Crippen molar-refractivity contribution >= 4 is 15.7 Å². The molecular formula is C15H23N3O4S. The van der Waals surface area contributed by atoms with E-state index < -0.39 is 9.84 Å². The topological polar surface area (TPSA) is 93.4 Å². The highest BCUT2D eigenvalue weighted by Gasteiger charge is 2.29. The van der Waals surface area contributed by atoms with Crippen LogP contribution in [-0.2, 0) is 21.1 Å². The monoisotopic (exact) mass is 341 g/mol. The van der Waals surface area contributed by atoms with Crippen molar-refractivity contribution in [2.24, 2.45) is 5.92 Å². The summed E-state index contributed by atoms with van der Waals surface area (Å²) in [5.74, 6) is 1.80. The van der Waals surface area contributed by atoms with Gasteiger partial charge in [-0.3, -0.25) is 4.79 Å². The number of hydrogen-bond donors (Lipinski definition) is 0. The van der Waals surface area contributed by atoms with Crippen LogP contribution in [0.15, 0.2) is 4.52 Å². The predicted molar refractivity (Wildman–Crippen MR) is 83.6 cm³/mol. The maximum Gasteiger partial charge on any atom is 0.230 e. The molecule has 1 saturated carbocycles. The van der Waals surface area contributed by atoms with Crippen molar-refractivity contribution < 1.29 is 17.7 Å². The molecule has 0 spiro atoms. The van der Waals surface area contributed by atoms with Crippen molar-refractivity contribution in [2.75, 3.05) is 24.6 Å². The molecule has 1 aliphatic heterocycles. The lowest BCUT2D eigenvalue weighted by Crippen LogP contribution is -2.44. The van der Waals surface area contributed by atoms with Crippen molar-refractivity contribution in [3.8, 4) is 0 Å². The molecule has 0 N–H and O–H groups in total. The van der Waals surface area contributed by atoms with Crippen molar-refractivity contribution in [3.63, 3.8) is 0 Å². The number of carbonyl (C=O) groups is 1. The van der Waals surface area contributed by atoms with Crippen molar-refractivity contribution in [1.82, 2.24) is 15.0 Å². The van der Waals surface area contributed by atoms with Gasteiger partial charge in [0.05, 0.1) is 17.9 Å². The minimum absolute atomic E-state index is 0.0375. The zero-order chi connectivity index (χ0) is 16.4. The minimum atomic E-state index is -2.98. The van der Waals surface area contributed by atoms with E-state index in [4.69, 9.17) is 4.52 Å². The lowest BCUT2D eigenvalue weighted by atomic mass is 9.80. The van der Waals surface area contributed by atoms with Gasteiger partial charge in [0, 0.05) is 19.0 Å². The van der Waals surface area contributed by atoms with Crippen LogP contribution in [0.3, 0.4) is 0 Å². The van der Waals surface area contributed by atoms with E-state index >= 15 is 0 Å². The number of nitrogens with zero attached hydrogens (tertiary/aromatic N) is 3. The van der Waals surface area contributed by atoms with Gasteiger partial charge >= 0.3 is 0 Å². The van der Waals surface area contributed by atoms with Crippen LogP contribution in [-0.4, -0.2) is 54.0 Å². The molecule has 2 aliphatic rings. The molecule has 3 rings (SSSR count). The average Bonchev–Trinajstić information content (AvgIpc) is 2.95. The molecule has 1 aliphatic carbocycles. The van der Waals surface area contributed by atoms with Crippen LogP contribution in [0.4, 0.5) is 0 Å². The van der Waals surface area contributed by atoms with E-state index in [0.717, 1.165) is 6.42 Å². The molecule has 0 aromatic carbocycles. The first-order valence-corrected chi connectivity index (χ1v) is 10.1. The summed E-state index contributed by atoms with van der Waals surface area (Å²) in [6, 6.07) is 0. The summed E-state index contributed by atoms with van der Waals surface area (Å²) in [4.78, 5) is 18.2. The number of amides is 1. The molecule has 0 radical (unpaired) electrons. The summed E-state index contributed by atoms with van der Waals surface area (Å²) < 4.78 is 28.2. The maximum atomic E-state index is 12.2. The van der Waals surface area contributed by atoms with Crippen molar-refractivity contribution in [1.29, 1.82) is 0 Å². The molecule has 1 aromatic heterocycles. The van der Waals surface area contributed by atoms with Crippen LogP contribution in [0.2, 0.25) is 0 Å². The first-order valence-electron chi connectivity index (χ1n) is 8.25. The molecule has 8 heteroatoms. The Morgan fingerprint density at radius 3 is 2.65 bits per heavy atom. The molecule has 2 atom stereocenters. The van der Waals surface area contributed by atoms with E-state index in [2.05, 4.69) is 17.1 Å². The quantitative estimate of drug-likeness (QED) is 0.819. The molecule has 7 nitrogen and oxygen atoms in total. The average molecular weight is 341 g/mol. The summed E-state index contributed by atoms with van der Waals surface area (Å²) in [5.41, 5.74) is 0. The summed E-state index contributed by atoms with van der Waals surface area (Å²) in [5, 5.41) is 3.94. The third-order valence-electron chi connectivity index (χ3n) is 4.92. The van der Waals surface area contributed by atoms with Gasteiger partial charge in [-0.25, -0.2) is 8.42 Å². The van der Waals surface area contributed by atoms with Gasteiger partial charge in [-0.05, 0) is 18.8 Å². The summed E-state index contributed by atoms with van der Waals surface area (Å²) in [6.45, 7) is 2.71. The van der Waals surface area contributed by atoms with Gasteiger partial charge in [-0.15, -0.1) is 0 Å². The van der Waals surface area contributed by atoms with Crippen LogP contribution in [0, 0.1) is 5.92 Å². The van der Waals surface area contributed by atoms with Crippen molar-refractivity contribution in [2.45, 2.75) is 44.9 Å². The molecule has 128 valence electrons. The maximum absolute atomic E-state index is 12.2. The van der Waals surface area contributed by atoms with Crippen LogP contribution in [0.5, 0.6) is 0 Å². The number of carbonyl (C=O) groups excluding carboxylic acids is 1. The predicted octanol–water partition coefficient (Wildman–Crippen LogP) is 1.16. The summed E-state index contributed by atoms with van der Waals surface area (Å²) in [6.07, 6.45) is 4.72. The zero-order valence-electron chi connectivity index (χ0n) is 13.4. The van der Waals surface area contributed by atoms with Crippen LogP contribution in [0.25, 0.3) is 0 Å². The Morgan fingerprint density at radius 1 is 1.26 bits per heavy atom. The molecule has 2 fully saturated rings. The zero-order valence-corrected chi connectivity index (χ0v) is 14.2. The Balaban J connectivity index is 1.59. The second-order valence-electron chi connectivity index (χ2n) is 6.63. The second-order valence-corrected chi connectivity index (χ2v) is 8.93. The Hall–Kier alpha value is -1.44. The van der Waals surface area contributed by atoms with E-state index in [-0.39, 0.29) is 36.9 Å². The first-order chi connectivity index (χ1) is 10.9. The molecule has 1 amide bonds. The van der Waals surface area contributed by atoms with E-state index in [1.807, 2.05) is 0 Å². The number of sulfone groups is 1. The van der Waals surface area contributed by atoms with E-state index in [1.165, 1.54) is 19.3 Å². The van der Waals surface area contributed by atoms with Gasteiger partial charge in [0.15, 0.2) is 15.7 Å². The second kappa shape index (κ2) is 6.59. The largest absolute Gasteiger partial charge is 0.340 e. The van der Waals surface area contributed by atoms with Gasteiger partial charge in [-0.1, -0.05) is 24.9 Å². The molecule has 23 heavy (non-hydrogen) atoms. The Morgan fingerprint density at radius 2 is 1.96 bits per heavy atom. The van der Waals surface area contributed by atoms with Gasteiger partial charge < -0.3 is 9.42 Å². The Bertz CT molecular complexity index is 656. The van der Waals surface area contributed by atoms with Crippen LogP contribution < -0.4 is 0 Å². The minimum Gasteiger partial charge on any atom is -0.340 e.